The van der Waals surface area contributed by atoms with E-state index in [2.05, 4.69) is 31.0 Å². The van der Waals surface area contributed by atoms with Gasteiger partial charge in [0.25, 0.3) is 0 Å². The summed E-state index contributed by atoms with van der Waals surface area (Å²) in [5, 5.41) is 3.39. The molecule has 2 aliphatic rings. The molecule has 0 radical (unpaired) electrons. The molecule has 3 heteroatoms. The number of carbonyl (C=O) groups excluding carboxylic acids is 1. The number of piperidine rings is 1. The molecule has 0 spiro atoms. The molecule has 0 aromatic rings. The summed E-state index contributed by atoms with van der Waals surface area (Å²) < 4.78 is 0. The number of nitrogens with one attached hydrogen (secondary N) is 1. The quantitative estimate of drug-likeness (QED) is 0.835. The molecule has 0 aromatic carbocycles. The summed E-state index contributed by atoms with van der Waals surface area (Å²) in [7, 11) is 0. The first-order valence-corrected chi connectivity index (χ1v) is 7.59. The average Bonchev–Trinajstić information content (AvgIpc) is 2.70. The Bertz CT molecular complexity index is 281. The van der Waals surface area contributed by atoms with Gasteiger partial charge in [0.2, 0.25) is 5.91 Å². The molecule has 2 fully saturated rings. The minimum absolute atomic E-state index is 0.0518. The molecule has 104 valence electrons. The van der Waals surface area contributed by atoms with Crippen molar-refractivity contribution >= 4 is 5.91 Å². The Kier molecular flexibility index (Phi) is 4.31. The lowest BCUT2D eigenvalue weighted by atomic mass is 9.74. The molecule has 1 amide bonds. The topological polar surface area (TPSA) is 32.3 Å². The Hall–Kier alpha value is -0.570. The first-order valence-electron chi connectivity index (χ1n) is 7.59. The normalized spacial score (nSPS) is 31.6. The van der Waals surface area contributed by atoms with Crippen molar-refractivity contribution in [2.45, 2.75) is 46.5 Å². The van der Waals surface area contributed by atoms with Crippen LogP contribution in [0.25, 0.3) is 0 Å². The van der Waals surface area contributed by atoms with Crippen LogP contribution in [-0.2, 0) is 4.79 Å². The number of hydrogen-bond donors (Lipinski definition) is 1. The zero-order chi connectivity index (χ0) is 13.2. The van der Waals surface area contributed by atoms with Crippen LogP contribution in [0.2, 0.25) is 0 Å². The van der Waals surface area contributed by atoms with Gasteiger partial charge < -0.3 is 10.2 Å². The molecule has 18 heavy (non-hydrogen) atoms. The highest BCUT2D eigenvalue weighted by atomic mass is 16.2. The summed E-state index contributed by atoms with van der Waals surface area (Å²) >= 11 is 0. The van der Waals surface area contributed by atoms with E-state index in [-0.39, 0.29) is 5.41 Å². The van der Waals surface area contributed by atoms with Crippen LogP contribution in [0, 0.1) is 17.3 Å². The molecule has 2 saturated heterocycles. The van der Waals surface area contributed by atoms with Gasteiger partial charge in [0.15, 0.2) is 0 Å². The van der Waals surface area contributed by atoms with Gasteiger partial charge in [-0.3, -0.25) is 4.79 Å². The maximum atomic E-state index is 12.9. The predicted molar refractivity (Wildman–Crippen MR) is 74.4 cm³/mol. The summed E-state index contributed by atoms with van der Waals surface area (Å²) in [4.78, 5) is 15.1. The van der Waals surface area contributed by atoms with Crippen molar-refractivity contribution in [2.24, 2.45) is 17.3 Å². The number of amides is 1. The molecule has 0 saturated carbocycles. The average molecular weight is 252 g/mol. The SMILES string of the molecule is CCCC1(C(=O)N2CC(C)C(C)C2)CCNCC1. The minimum atomic E-state index is -0.0518. The van der Waals surface area contributed by atoms with E-state index in [0.29, 0.717) is 17.7 Å². The van der Waals surface area contributed by atoms with E-state index in [9.17, 15) is 4.79 Å². The highest BCUT2D eigenvalue weighted by molar-refractivity contribution is 5.83. The molecule has 0 bridgehead atoms. The van der Waals surface area contributed by atoms with Crippen molar-refractivity contribution in [1.82, 2.24) is 10.2 Å². The summed E-state index contributed by atoms with van der Waals surface area (Å²) in [5.41, 5.74) is -0.0518. The highest BCUT2D eigenvalue weighted by Gasteiger charge is 2.43. The Morgan fingerprint density at radius 2 is 1.78 bits per heavy atom. The van der Waals surface area contributed by atoms with E-state index in [1.54, 1.807) is 0 Å². The van der Waals surface area contributed by atoms with Gasteiger partial charge in [-0.1, -0.05) is 27.2 Å². The Morgan fingerprint density at radius 3 is 2.28 bits per heavy atom. The maximum Gasteiger partial charge on any atom is 0.228 e. The van der Waals surface area contributed by atoms with Crippen molar-refractivity contribution in [3.05, 3.63) is 0 Å². The zero-order valence-electron chi connectivity index (χ0n) is 12.2. The fourth-order valence-electron chi connectivity index (χ4n) is 3.59. The molecule has 2 atom stereocenters. The van der Waals surface area contributed by atoms with Crippen molar-refractivity contribution < 1.29 is 4.79 Å². The lowest BCUT2D eigenvalue weighted by Crippen LogP contribution is -2.48. The molecule has 0 aromatic heterocycles. The number of hydrogen-bond acceptors (Lipinski definition) is 2. The zero-order valence-corrected chi connectivity index (χ0v) is 12.2. The predicted octanol–water partition coefficient (Wildman–Crippen LogP) is 2.27. The number of likely N-dealkylation sites (tertiary alicyclic amines) is 1. The number of rotatable bonds is 3. The molecule has 1 N–H and O–H groups in total. The minimum Gasteiger partial charge on any atom is -0.342 e. The van der Waals surface area contributed by atoms with Gasteiger partial charge in [-0.15, -0.1) is 0 Å². The fraction of sp³-hybridized carbons (Fsp3) is 0.933. The van der Waals surface area contributed by atoms with Crippen LogP contribution in [0.3, 0.4) is 0 Å². The van der Waals surface area contributed by atoms with E-state index < -0.39 is 0 Å². The van der Waals surface area contributed by atoms with Gasteiger partial charge in [0.1, 0.15) is 0 Å². The summed E-state index contributed by atoms with van der Waals surface area (Å²) in [6, 6.07) is 0. The van der Waals surface area contributed by atoms with Gasteiger partial charge >= 0.3 is 0 Å². The summed E-state index contributed by atoms with van der Waals surface area (Å²) in [6.45, 7) is 10.7. The molecular formula is C15H28N2O. The van der Waals surface area contributed by atoms with Crippen molar-refractivity contribution in [2.75, 3.05) is 26.2 Å². The van der Waals surface area contributed by atoms with Crippen LogP contribution in [0.15, 0.2) is 0 Å². The standard InChI is InChI=1S/C15H28N2O/c1-4-5-15(6-8-16-9-7-15)14(18)17-10-12(2)13(3)11-17/h12-13,16H,4-11H2,1-3H3. The summed E-state index contributed by atoms with van der Waals surface area (Å²) in [5.74, 6) is 1.77. The van der Waals surface area contributed by atoms with Crippen LogP contribution in [0.1, 0.15) is 46.5 Å². The molecule has 2 heterocycles. The molecule has 0 aliphatic carbocycles. The Balaban J connectivity index is 2.08. The second-order valence-electron chi connectivity index (χ2n) is 6.45. The van der Waals surface area contributed by atoms with Gasteiger partial charge in [-0.25, -0.2) is 0 Å². The lowest BCUT2D eigenvalue weighted by molar-refractivity contribution is -0.143. The smallest absolute Gasteiger partial charge is 0.228 e. The van der Waals surface area contributed by atoms with E-state index in [1.807, 2.05) is 0 Å². The lowest BCUT2D eigenvalue weighted by Gasteiger charge is -2.39. The number of carbonyl (C=O) groups is 1. The summed E-state index contributed by atoms with van der Waals surface area (Å²) in [6.07, 6.45) is 4.23. The molecule has 2 aliphatic heterocycles. The van der Waals surface area contributed by atoms with Crippen LogP contribution >= 0.6 is 0 Å². The van der Waals surface area contributed by atoms with Crippen molar-refractivity contribution in [3.63, 3.8) is 0 Å². The van der Waals surface area contributed by atoms with Crippen molar-refractivity contribution in [3.8, 4) is 0 Å². The van der Waals surface area contributed by atoms with Crippen molar-refractivity contribution in [1.29, 1.82) is 0 Å². The van der Waals surface area contributed by atoms with E-state index >= 15 is 0 Å². The van der Waals surface area contributed by atoms with E-state index in [4.69, 9.17) is 0 Å². The van der Waals surface area contributed by atoms with Crippen LogP contribution in [0.4, 0.5) is 0 Å². The second-order valence-corrected chi connectivity index (χ2v) is 6.45. The molecule has 3 nitrogen and oxygen atoms in total. The second kappa shape index (κ2) is 5.60. The van der Waals surface area contributed by atoms with E-state index in [0.717, 1.165) is 51.9 Å². The maximum absolute atomic E-state index is 12.9. The highest BCUT2D eigenvalue weighted by Crippen LogP contribution is 2.38. The van der Waals surface area contributed by atoms with Gasteiger partial charge in [0, 0.05) is 13.1 Å². The van der Waals surface area contributed by atoms with Crippen LogP contribution in [0.5, 0.6) is 0 Å². The van der Waals surface area contributed by atoms with Crippen LogP contribution < -0.4 is 5.32 Å². The molecule has 2 rings (SSSR count). The van der Waals surface area contributed by atoms with Crippen LogP contribution in [-0.4, -0.2) is 37.0 Å². The van der Waals surface area contributed by atoms with Gasteiger partial charge in [-0.05, 0) is 44.2 Å². The van der Waals surface area contributed by atoms with Gasteiger partial charge in [-0.2, -0.15) is 0 Å². The third-order valence-electron chi connectivity index (χ3n) is 5.02. The molecular weight excluding hydrogens is 224 g/mol. The largest absolute Gasteiger partial charge is 0.342 e. The Morgan fingerprint density at radius 1 is 1.22 bits per heavy atom. The fourth-order valence-corrected chi connectivity index (χ4v) is 3.59. The first kappa shape index (κ1) is 13.9. The monoisotopic (exact) mass is 252 g/mol. The number of nitrogens with zero attached hydrogens (tertiary/aromatic N) is 1. The van der Waals surface area contributed by atoms with Gasteiger partial charge in [0.05, 0.1) is 5.41 Å². The third-order valence-corrected chi connectivity index (χ3v) is 5.02. The Labute approximate surface area is 111 Å². The first-order chi connectivity index (χ1) is 8.59. The molecule has 2 unspecified atom stereocenters. The third kappa shape index (κ3) is 2.56. The van der Waals surface area contributed by atoms with E-state index in [1.165, 1.54) is 0 Å².